The topological polar surface area (TPSA) is 42.5 Å². The van der Waals surface area contributed by atoms with Crippen LogP contribution in [0.4, 0.5) is 0 Å². The normalized spacial score (nSPS) is 13.2. The molecule has 0 amide bonds. The van der Waals surface area contributed by atoms with Crippen molar-refractivity contribution in [3.63, 3.8) is 0 Å². The van der Waals surface area contributed by atoms with E-state index in [0.717, 1.165) is 30.8 Å². The maximum atomic E-state index is 4.64. The molecular weight excluding hydrogens is 282 g/mol. The van der Waals surface area contributed by atoms with Crippen molar-refractivity contribution in [2.45, 2.75) is 40.2 Å². The zero-order chi connectivity index (χ0) is 16.2. The number of allylic oxidation sites excluding steroid dienone is 1. The van der Waals surface area contributed by atoms with Gasteiger partial charge in [0, 0.05) is 0 Å². The molecule has 0 saturated heterocycles. The average molecular weight is 302 g/mol. The summed E-state index contributed by atoms with van der Waals surface area (Å²) >= 11 is 0. The minimum absolute atomic E-state index is 0.746. The minimum atomic E-state index is 0.746. The van der Waals surface area contributed by atoms with E-state index in [-0.39, 0.29) is 0 Å². The molecule has 0 aliphatic carbocycles. The molecule has 3 rings (SSSR count). The predicted octanol–water partition coefficient (Wildman–Crippen LogP) is 1.17. The van der Waals surface area contributed by atoms with Gasteiger partial charge in [-0.3, -0.25) is 0 Å². The first kappa shape index (κ1) is 15.8. The third kappa shape index (κ3) is 4.21. The van der Waals surface area contributed by atoms with E-state index in [9.17, 15) is 0 Å². The van der Waals surface area contributed by atoms with Gasteiger partial charge in [-0.2, -0.15) is 0 Å². The Balaban J connectivity index is 1.62. The molecule has 1 aliphatic heterocycles. The van der Waals surface area contributed by atoms with Crippen LogP contribution >= 0.6 is 0 Å². The van der Waals surface area contributed by atoms with Crippen LogP contribution < -0.4 is 4.57 Å². The van der Waals surface area contributed by atoms with Crippen molar-refractivity contribution in [3.8, 4) is 0 Å². The molecule has 6 heteroatoms. The van der Waals surface area contributed by atoms with Crippen molar-refractivity contribution in [3.05, 3.63) is 59.0 Å². The molecule has 2 aromatic heterocycles. The summed E-state index contributed by atoms with van der Waals surface area (Å²) in [7, 11) is 2.25. The van der Waals surface area contributed by atoms with Gasteiger partial charge in [0.05, 0.1) is 0 Å². The van der Waals surface area contributed by atoms with Crippen LogP contribution in [0.25, 0.3) is 0 Å². The van der Waals surface area contributed by atoms with Gasteiger partial charge in [-0.05, 0) is 6.92 Å². The molecule has 2 aromatic rings. The molecule has 0 aromatic carbocycles. The summed E-state index contributed by atoms with van der Waals surface area (Å²) in [6.07, 6.45) is 9.81. The van der Waals surface area contributed by atoms with Gasteiger partial charge in [0.1, 0.15) is 5.82 Å². The Morgan fingerprint density at radius 1 is 1.04 bits per heavy atom. The second kappa shape index (κ2) is 6.99. The first-order valence-electron chi connectivity index (χ1n) is 7.94. The van der Waals surface area contributed by atoms with Crippen LogP contribution in [0.15, 0.2) is 36.4 Å². The standard InChI is InChI=1S/C17H20B2N4/c1-12-9-23(10-15-7-20-14(3)21-8-15)11-22-17(12)5-4-16-6-18-13(2)19-16/h6-9,11H,4-5,10H2,1-3H3/q+1. The molecule has 0 N–H and O–H groups in total. The van der Waals surface area contributed by atoms with Gasteiger partial charge in [0.2, 0.25) is 0 Å². The van der Waals surface area contributed by atoms with E-state index in [4.69, 9.17) is 0 Å². The van der Waals surface area contributed by atoms with Gasteiger partial charge in [0.25, 0.3) is 0 Å². The molecule has 0 saturated carbocycles. The molecule has 1 aliphatic rings. The molecule has 0 bridgehead atoms. The van der Waals surface area contributed by atoms with Crippen molar-refractivity contribution in [2.75, 3.05) is 0 Å². The van der Waals surface area contributed by atoms with Crippen LogP contribution in [0.5, 0.6) is 0 Å². The van der Waals surface area contributed by atoms with Crippen molar-refractivity contribution in [2.24, 2.45) is 0 Å². The Morgan fingerprint density at radius 2 is 1.83 bits per heavy atom. The Morgan fingerprint density at radius 3 is 2.48 bits per heavy atom. The first-order valence-corrected chi connectivity index (χ1v) is 7.94. The summed E-state index contributed by atoms with van der Waals surface area (Å²) < 4.78 is 2.08. The summed E-state index contributed by atoms with van der Waals surface area (Å²) in [6.45, 7) is 9.06. The molecular formula is C17H20B2N4+. The fourth-order valence-electron chi connectivity index (χ4n) is 2.71. The van der Waals surface area contributed by atoms with Gasteiger partial charge in [-0.25, -0.2) is 0 Å². The molecule has 113 valence electrons. The van der Waals surface area contributed by atoms with Crippen LogP contribution in [0.2, 0.25) is 0 Å². The van der Waals surface area contributed by atoms with E-state index in [0.29, 0.717) is 0 Å². The van der Waals surface area contributed by atoms with Crippen LogP contribution in [-0.4, -0.2) is 34.5 Å². The van der Waals surface area contributed by atoms with Crippen LogP contribution in [0, 0.1) is 13.8 Å². The maximum absolute atomic E-state index is 4.64. The third-order valence-electron chi connectivity index (χ3n) is 4.00. The number of nitrogens with zero attached hydrogens (tertiary/aromatic N) is 4. The summed E-state index contributed by atoms with van der Waals surface area (Å²) in [4.78, 5) is 13.1. The average Bonchev–Trinajstić information content (AvgIpc) is 2.94. The van der Waals surface area contributed by atoms with Crippen molar-refractivity contribution < 1.29 is 4.57 Å². The first-order chi connectivity index (χ1) is 11.1. The predicted molar refractivity (Wildman–Crippen MR) is 93.6 cm³/mol. The second-order valence-electron chi connectivity index (χ2n) is 6.11. The van der Waals surface area contributed by atoms with Gasteiger partial charge in [0.15, 0.2) is 0 Å². The zero-order valence-electron chi connectivity index (χ0n) is 14.0. The number of aromatic nitrogens is 4. The summed E-state index contributed by atoms with van der Waals surface area (Å²) in [5.41, 5.74) is 4.86. The van der Waals surface area contributed by atoms with Crippen LogP contribution in [-0.2, 0) is 13.0 Å². The third-order valence-corrected chi connectivity index (χ3v) is 4.00. The fourth-order valence-corrected chi connectivity index (χ4v) is 2.71. The zero-order valence-corrected chi connectivity index (χ0v) is 14.0. The Kier molecular flexibility index (Phi) is 4.79. The fraction of sp³-hybridized carbons (Fsp3) is 0.353. The second-order valence-corrected chi connectivity index (χ2v) is 6.11. The van der Waals surface area contributed by atoms with Gasteiger partial charge >= 0.3 is 126 Å². The molecule has 0 atom stereocenters. The molecule has 1 radical (unpaired) electrons. The van der Waals surface area contributed by atoms with E-state index >= 15 is 0 Å². The Bertz CT molecular complexity index is 767. The SMILES string of the molecule is CC1=BC=C(CCc2nc[n+](Cc3cnc(C)nc3)cc2C)[B]1. The molecule has 0 spiro atoms. The van der Waals surface area contributed by atoms with E-state index in [1.165, 1.54) is 22.1 Å². The number of hydrogen-bond acceptors (Lipinski definition) is 3. The van der Waals surface area contributed by atoms with Gasteiger partial charge < -0.3 is 0 Å². The summed E-state index contributed by atoms with van der Waals surface area (Å²) in [5, 5.41) is 1.33. The molecule has 0 unspecified atom stereocenters. The van der Waals surface area contributed by atoms with Gasteiger partial charge in [-0.15, -0.1) is 0 Å². The van der Waals surface area contributed by atoms with Crippen LogP contribution in [0.3, 0.4) is 0 Å². The molecule has 3 heterocycles. The summed E-state index contributed by atoms with van der Waals surface area (Å²) in [5.74, 6) is 3.00. The number of rotatable bonds is 5. The summed E-state index contributed by atoms with van der Waals surface area (Å²) in [6, 6.07) is 0. The molecule has 23 heavy (non-hydrogen) atoms. The Labute approximate surface area is 138 Å². The monoisotopic (exact) mass is 302 g/mol. The van der Waals surface area contributed by atoms with E-state index < -0.39 is 0 Å². The Hall–Kier alpha value is -2.10. The van der Waals surface area contributed by atoms with Crippen molar-refractivity contribution >= 4 is 19.6 Å². The van der Waals surface area contributed by atoms with E-state index in [2.05, 4.69) is 59.7 Å². The number of hydrogen-bond donors (Lipinski definition) is 0. The van der Waals surface area contributed by atoms with Gasteiger partial charge in [-0.1, -0.05) is 0 Å². The van der Waals surface area contributed by atoms with Crippen molar-refractivity contribution in [1.29, 1.82) is 0 Å². The quantitative estimate of drug-likeness (QED) is 0.615. The number of aryl methyl sites for hydroxylation is 3. The van der Waals surface area contributed by atoms with Crippen LogP contribution in [0.1, 0.15) is 36.0 Å². The van der Waals surface area contributed by atoms with E-state index in [1.54, 1.807) is 0 Å². The van der Waals surface area contributed by atoms with Crippen molar-refractivity contribution in [1.82, 2.24) is 15.0 Å². The molecule has 0 fully saturated rings. The molecule has 4 nitrogen and oxygen atoms in total. The van der Waals surface area contributed by atoms with E-state index in [1.807, 2.05) is 25.6 Å².